The summed E-state index contributed by atoms with van der Waals surface area (Å²) in [5, 5.41) is 6.92. The van der Waals surface area contributed by atoms with Crippen LogP contribution in [0.15, 0.2) is 42.1 Å². The van der Waals surface area contributed by atoms with Gasteiger partial charge in [-0.3, -0.25) is 0 Å². The van der Waals surface area contributed by atoms with Crippen molar-refractivity contribution < 1.29 is 14.0 Å². The van der Waals surface area contributed by atoms with Gasteiger partial charge in [0.2, 0.25) is 0 Å². The van der Waals surface area contributed by atoms with Crippen molar-refractivity contribution in [3.05, 3.63) is 48.3 Å². The van der Waals surface area contributed by atoms with Crippen LogP contribution in [0.3, 0.4) is 0 Å². The minimum atomic E-state index is -0.285. The molecule has 6 heteroatoms. The van der Waals surface area contributed by atoms with Crippen LogP contribution in [0.4, 0.5) is 9.18 Å². The zero-order valence-corrected chi connectivity index (χ0v) is 13.5. The van der Waals surface area contributed by atoms with Gasteiger partial charge in [-0.2, -0.15) is 0 Å². The molecule has 1 unspecified atom stereocenters. The second kappa shape index (κ2) is 7.76. The van der Waals surface area contributed by atoms with Crippen LogP contribution in [0.25, 0.3) is 0 Å². The highest BCUT2D eigenvalue weighted by molar-refractivity contribution is 6.01. The summed E-state index contributed by atoms with van der Waals surface area (Å²) in [5.41, 5.74) is 1.59. The summed E-state index contributed by atoms with van der Waals surface area (Å²) >= 11 is 0. The minimum absolute atomic E-state index is 0.0605. The highest BCUT2D eigenvalue weighted by atomic mass is 19.1. The molecule has 0 aromatic heterocycles. The standard InChI is InChI=1S/C17H22FN3O2/c1-4-9-21(17(22)19-12(2)3)11-15-10-16(20-23-15)13-5-7-14(18)8-6-13/h4-8,12,15H,1,9-11H2,2-3H3,(H,19,22). The van der Waals surface area contributed by atoms with Gasteiger partial charge in [-0.05, 0) is 31.5 Å². The Morgan fingerprint density at radius 2 is 2.22 bits per heavy atom. The third-order valence-electron chi connectivity index (χ3n) is 3.38. The van der Waals surface area contributed by atoms with E-state index in [-0.39, 0.29) is 24.0 Å². The van der Waals surface area contributed by atoms with Crippen molar-refractivity contribution in [1.29, 1.82) is 0 Å². The number of nitrogens with one attached hydrogen (secondary N) is 1. The number of oxime groups is 1. The van der Waals surface area contributed by atoms with E-state index in [2.05, 4.69) is 17.1 Å². The maximum atomic E-state index is 13.0. The van der Waals surface area contributed by atoms with E-state index in [9.17, 15) is 9.18 Å². The first-order valence-corrected chi connectivity index (χ1v) is 7.64. The van der Waals surface area contributed by atoms with Gasteiger partial charge in [0.1, 0.15) is 5.82 Å². The van der Waals surface area contributed by atoms with Gasteiger partial charge in [0.15, 0.2) is 6.10 Å². The summed E-state index contributed by atoms with van der Waals surface area (Å²) in [5.74, 6) is -0.285. The summed E-state index contributed by atoms with van der Waals surface area (Å²) in [6.45, 7) is 8.35. The fourth-order valence-corrected chi connectivity index (χ4v) is 2.32. The van der Waals surface area contributed by atoms with Crippen LogP contribution in [-0.4, -0.2) is 41.9 Å². The highest BCUT2D eigenvalue weighted by Gasteiger charge is 2.26. The van der Waals surface area contributed by atoms with Crippen molar-refractivity contribution in [1.82, 2.24) is 10.2 Å². The highest BCUT2D eigenvalue weighted by Crippen LogP contribution is 2.18. The second-order valence-electron chi connectivity index (χ2n) is 5.77. The summed E-state index contributed by atoms with van der Waals surface area (Å²) in [6, 6.07) is 6.04. The predicted octanol–water partition coefficient (Wildman–Crippen LogP) is 2.92. The smallest absolute Gasteiger partial charge is 0.318 e. The maximum absolute atomic E-state index is 13.0. The molecule has 1 heterocycles. The molecular formula is C17H22FN3O2. The molecule has 1 aliphatic heterocycles. The molecule has 0 spiro atoms. The first-order chi connectivity index (χ1) is 11.0. The van der Waals surface area contributed by atoms with Crippen LogP contribution < -0.4 is 5.32 Å². The van der Waals surface area contributed by atoms with Crippen molar-refractivity contribution in [2.75, 3.05) is 13.1 Å². The van der Waals surface area contributed by atoms with E-state index >= 15 is 0 Å². The van der Waals surface area contributed by atoms with E-state index < -0.39 is 0 Å². The lowest BCUT2D eigenvalue weighted by Crippen LogP contribution is -2.46. The van der Waals surface area contributed by atoms with Crippen LogP contribution in [0.5, 0.6) is 0 Å². The summed E-state index contributed by atoms with van der Waals surface area (Å²) < 4.78 is 13.0. The summed E-state index contributed by atoms with van der Waals surface area (Å²) in [7, 11) is 0. The number of carbonyl (C=O) groups excluding carboxylic acids is 1. The molecule has 0 radical (unpaired) electrons. The lowest BCUT2D eigenvalue weighted by atomic mass is 10.0. The van der Waals surface area contributed by atoms with Crippen LogP contribution in [-0.2, 0) is 4.84 Å². The van der Waals surface area contributed by atoms with Crippen molar-refractivity contribution in [3.8, 4) is 0 Å². The number of hydrogen-bond donors (Lipinski definition) is 1. The zero-order valence-electron chi connectivity index (χ0n) is 13.5. The maximum Gasteiger partial charge on any atom is 0.318 e. The number of carbonyl (C=O) groups is 1. The van der Waals surface area contributed by atoms with Crippen molar-refractivity contribution in [3.63, 3.8) is 0 Å². The fraction of sp³-hybridized carbons (Fsp3) is 0.412. The SMILES string of the molecule is C=CCN(CC1CC(c2ccc(F)cc2)=NO1)C(=O)NC(C)C. The normalized spacial score (nSPS) is 16.7. The summed E-state index contributed by atoms with van der Waals surface area (Å²) in [6.07, 6.45) is 2.04. The van der Waals surface area contributed by atoms with Crippen molar-refractivity contribution in [2.45, 2.75) is 32.4 Å². The lowest BCUT2D eigenvalue weighted by Gasteiger charge is -2.24. The first-order valence-electron chi connectivity index (χ1n) is 7.64. The monoisotopic (exact) mass is 319 g/mol. The number of amides is 2. The number of halogens is 1. The molecule has 1 atom stereocenters. The Morgan fingerprint density at radius 3 is 2.83 bits per heavy atom. The largest absolute Gasteiger partial charge is 0.390 e. The van der Waals surface area contributed by atoms with E-state index in [0.717, 1.165) is 11.3 Å². The third-order valence-corrected chi connectivity index (χ3v) is 3.38. The molecule has 1 aromatic rings. The molecule has 1 N–H and O–H groups in total. The molecule has 1 aliphatic rings. The van der Waals surface area contributed by atoms with E-state index in [1.807, 2.05) is 13.8 Å². The Kier molecular flexibility index (Phi) is 5.73. The van der Waals surface area contributed by atoms with Crippen LogP contribution in [0, 0.1) is 5.82 Å². The molecule has 5 nitrogen and oxygen atoms in total. The van der Waals surface area contributed by atoms with E-state index in [1.54, 1.807) is 23.1 Å². The Bertz CT molecular complexity index is 584. The van der Waals surface area contributed by atoms with Gasteiger partial charge < -0.3 is 15.1 Å². The number of rotatable bonds is 6. The van der Waals surface area contributed by atoms with Crippen LogP contribution in [0.1, 0.15) is 25.8 Å². The molecule has 0 fully saturated rings. The molecule has 2 amide bonds. The van der Waals surface area contributed by atoms with Gasteiger partial charge in [0.25, 0.3) is 0 Å². The van der Waals surface area contributed by atoms with E-state index in [1.165, 1.54) is 12.1 Å². The van der Waals surface area contributed by atoms with Gasteiger partial charge in [-0.1, -0.05) is 23.4 Å². The van der Waals surface area contributed by atoms with Gasteiger partial charge in [-0.25, -0.2) is 9.18 Å². The number of nitrogens with zero attached hydrogens (tertiary/aromatic N) is 2. The van der Waals surface area contributed by atoms with E-state index in [0.29, 0.717) is 19.5 Å². The Morgan fingerprint density at radius 1 is 1.52 bits per heavy atom. The fourth-order valence-electron chi connectivity index (χ4n) is 2.32. The van der Waals surface area contributed by atoms with Gasteiger partial charge in [0.05, 0.1) is 12.3 Å². The number of hydrogen-bond acceptors (Lipinski definition) is 3. The molecule has 0 saturated carbocycles. The minimum Gasteiger partial charge on any atom is -0.390 e. The molecular weight excluding hydrogens is 297 g/mol. The average Bonchev–Trinajstić information content (AvgIpc) is 2.95. The average molecular weight is 319 g/mol. The van der Waals surface area contributed by atoms with Crippen molar-refractivity contribution >= 4 is 11.7 Å². The molecule has 0 bridgehead atoms. The lowest BCUT2D eigenvalue weighted by molar-refractivity contribution is 0.0626. The summed E-state index contributed by atoms with van der Waals surface area (Å²) in [4.78, 5) is 19.2. The van der Waals surface area contributed by atoms with E-state index in [4.69, 9.17) is 4.84 Å². The zero-order chi connectivity index (χ0) is 16.8. The van der Waals surface area contributed by atoms with Gasteiger partial charge in [0, 0.05) is 19.0 Å². The topological polar surface area (TPSA) is 53.9 Å². The molecule has 2 rings (SSSR count). The molecule has 0 saturated heterocycles. The first kappa shape index (κ1) is 17.0. The Balaban J connectivity index is 1.94. The third kappa shape index (κ3) is 4.81. The quantitative estimate of drug-likeness (QED) is 0.820. The van der Waals surface area contributed by atoms with Crippen molar-refractivity contribution in [2.24, 2.45) is 5.16 Å². The molecule has 1 aromatic carbocycles. The molecule has 23 heavy (non-hydrogen) atoms. The predicted molar refractivity (Wildman–Crippen MR) is 87.9 cm³/mol. The van der Waals surface area contributed by atoms with Gasteiger partial charge in [-0.15, -0.1) is 6.58 Å². The van der Waals surface area contributed by atoms with Crippen LogP contribution >= 0.6 is 0 Å². The molecule has 124 valence electrons. The Hall–Kier alpha value is -2.37. The second-order valence-corrected chi connectivity index (χ2v) is 5.77. The van der Waals surface area contributed by atoms with Crippen LogP contribution in [0.2, 0.25) is 0 Å². The molecule has 0 aliphatic carbocycles. The number of benzene rings is 1. The van der Waals surface area contributed by atoms with Gasteiger partial charge >= 0.3 is 6.03 Å². The number of urea groups is 1. The Labute approximate surface area is 135 Å².